The number of hydrogen-bond acceptors (Lipinski definition) is 6. The lowest BCUT2D eigenvalue weighted by molar-refractivity contribution is -0.147. The molecular weight excluding hydrogens is 374 g/mol. The molecule has 27 heavy (non-hydrogen) atoms. The zero-order valence-electron chi connectivity index (χ0n) is 15.7. The predicted molar refractivity (Wildman–Crippen MR) is 99.3 cm³/mol. The van der Waals surface area contributed by atoms with Gasteiger partial charge in [-0.2, -0.15) is 4.72 Å². The van der Waals surface area contributed by atoms with Gasteiger partial charge in [-0.3, -0.25) is 14.4 Å². The highest BCUT2D eigenvalue weighted by molar-refractivity contribution is 7.89. The van der Waals surface area contributed by atoms with Gasteiger partial charge in [-0.25, -0.2) is 8.42 Å². The number of carbonyl (C=O) groups excluding carboxylic acids is 3. The van der Waals surface area contributed by atoms with Gasteiger partial charge in [-0.15, -0.1) is 0 Å². The van der Waals surface area contributed by atoms with E-state index in [1.807, 2.05) is 20.8 Å². The van der Waals surface area contributed by atoms with Gasteiger partial charge in [0.2, 0.25) is 15.9 Å². The Kier molecular flexibility index (Phi) is 8.38. The van der Waals surface area contributed by atoms with Gasteiger partial charge in [-0.05, 0) is 37.1 Å². The van der Waals surface area contributed by atoms with E-state index < -0.39 is 35.1 Å². The summed E-state index contributed by atoms with van der Waals surface area (Å²) < 4.78 is 31.1. The third kappa shape index (κ3) is 8.18. The van der Waals surface area contributed by atoms with Gasteiger partial charge in [-0.1, -0.05) is 13.8 Å². The molecule has 0 unspecified atom stereocenters. The second kappa shape index (κ2) is 10.0. The maximum absolute atomic E-state index is 12.1. The van der Waals surface area contributed by atoms with Crippen LogP contribution >= 0.6 is 0 Å². The molecule has 0 spiro atoms. The van der Waals surface area contributed by atoms with Gasteiger partial charge < -0.3 is 15.4 Å². The molecule has 9 nitrogen and oxygen atoms in total. The fourth-order valence-electron chi connectivity index (χ4n) is 1.82. The summed E-state index contributed by atoms with van der Waals surface area (Å²) in [5, 5.41) is 5.18. The summed E-state index contributed by atoms with van der Waals surface area (Å²) in [6.07, 6.45) is 0. The molecule has 0 heterocycles. The molecule has 0 saturated carbocycles. The van der Waals surface area contributed by atoms with Gasteiger partial charge in [0, 0.05) is 18.7 Å². The van der Waals surface area contributed by atoms with Crippen molar-refractivity contribution in [2.45, 2.75) is 38.6 Å². The van der Waals surface area contributed by atoms with Gasteiger partial charge in [0.15, 0.2) is 6.61 Å². The van der Waals surface area contributed by atoms with Crippen LogP contribution < -0.4 is 15.4 Å². The summed E-state index contributed by atoms with van der Waals surface area (Å²) in [4.78, 5) is 34.2. The first kappa shape index (κ1) is 22.6. The number of hydrogen-bond donors (Lipinski definition) is 3. The minimum Gasteiger partial charge on any atom is -0.455 e. The Labute approximate surface area is 158 Å². The van der Waals surface area contributed by atoms with Crippen LogP contribution in [0.25, 0.3) is 0 Å². The molecule has 1 atom stereocenters. The third-order valence-corrected chi connectivity index (χ3v) is 5.06. The number of sulfonamides is 1. The van der Waals surface area contributed by atoms with E-state index in [0.29, 0.717) is 5.69 Å². The molecule has 3 N–H and O–H groups in total. The average Bonchev–Trinajstić information content (AvgIpc) is 2.58. The lowest BCUT2D eigenvalue weighted by atomic mass is 10.1. The lowest BCUT2D eigenvalue weighted by Crippen LogP contribution is -2.39. The molecule has 1 aromatic rings. The summed E-state index contributed by atoms with van der Waals surface area (Å²) in [5.41, 5.74) is 0.447. The van der Waals surface area contributed by atoms with Crippen molar-refractivity contribution in [2.24, 2.45) is 5.92 Å². The van der Waals surface area contributed by atoms with Crippen LogP contribution in [0.5, 0.6) is 0 Å². The standard InChI is InChI=1S/C17H25N3O6S/c1-11(2)12(3)19-16(22)10-26-17(23)9-18-27(24,25)15-7-5-14(6-8-15)20-13(4)21/h5-8,11-12,18H,9-10H2,1-4H3,(H,19,22)(H,20,21)/t12-/m0/s1. The van der Waals surface area contributed by atoms with E-state index in [1.165, 1.54) is 31.2 Å². The number of anilines is 1. The highest BCUT2D eigenvalue weighted by atomic mass is 32.2. The molecule has 150 valence electrons. The van der Waals surface area contributed by atoms with Crippen molar-refractivity contribution in [2.75, 3.05) is 18.5 Å². The number of esters is 1. The summed E-state index contributed by atoms with van der Waals surface area (Å²) in [6, 6.07) is 5.36. The fraction of sp³-hybridized carbons (Fsp3) is 0.471. The van der Waals surface area contributed by atoms with Crippen LogP contribution in [0.2, 0.25) is 0 Å². The summed E-state index contributed by atoms with van der Waals surface area (Å²) in [6.45, 7) is 5.95. The van der Waals surface area contributed by atoms with Gasteiger partial charge in [0.25, 0.3) is 5.91 Å². The topological polar surface area (TPSA) is 131 Å². The van der Waals surface area contributed by atoms with Crippen molar-refractivity contribution in [3.63, 3.8) is 0 Å². The van der Waals surface area contributed by atoms with E-state index in [-0.39, 0.29) is 22.8 Å². The Morgan fingerprint density at radius 1 is 1.07 bits per heavy atom. The second-order valence-corrected chi connectivity index (χ2v) is 8.06. The molecule has 0 aromatic heterocycles. The van der Waals surface area contributed by atoms with E-state index >= 15 is 0 Å². The van der Waals surface area contributed by atoms with E-state index in [1.54, 1.807) is 0 Å². The van der Waals surface area contributed by atoms with Crippen LogP contribution in [0.1, 0.15) is 27.7 Å². The molecule has 0 saturated heterocycles. The minimum atomic E-state index is -3.93. The van der Waals surface area contributed by atoms with Gasteiger partial charge in [0.1, 0.15) is 6.54 Å². The zero-order valence-corrected chi connectivity index (χ0v) is 16.6. The highest BCUT2D eigenvalue weighted by Crippen LogP contribution is 2.13. The molecule has 0 aliphatic heterocycles. The highest BCUT2D eigenvalue weighted by Gasteiger charge is 2.17. The van der Waals surface area contributed by atoms with Crippen LogP contribution in [0.15, 0.2) is 29.2 Å². The van der Waals surface area contributed by atoms with Crippen molar-refractivity contribution in [3.05, 3.63) is 24.3 Å². The van der Waals surface area contributed by atoms with Crippen LogP contribution in [0.3, 0.4) is 0 Å². The Hall–Kier alpha value is -2.46. The second-order valence-electron chi connectivity index (χ2n) is 6.29. The number of carbonyl (C=O) groups is 3. The van der Waals surface area contributed by atoms with Crippen LogP contribution in [0.4, 0.5) is 5.69 Å². The molecule has 0 bridgehead atoms. The SMILES string of the molecule is CC(=O)Nc1ccc(S(=O)(=O)NCC(=O)OCC(=O)N[C@@H](C)C(C)C)cc1. The Morgan fingerprint density at radius 2 is 1.67 bits per heavy atom. The molecule has 10 heteroatoms. The number of nitrogens with one attached hydrogen (secondary N) is 3. The number of ether oxygens (including phenoxy) is 1. The van der Waals surface area contributed by atoms with E-state index in [4.69, 9.17) is 4.74 Å². The van der Waals surface area contributed by atoms with Crippen molar-refractivity contribution in [3.8, 4) is 0 Å². The van der Waals surface area contributed by atoms with Crippen LogP contribution in [-0.2, 0) is 29.1 Å². The van der Waals surface area contributed by atoms with E-state index in [0.717, 1.165) is 0 Å². The molecule has 0 aliphatic carbocycles. The first-order valence-corrected chi connectivity index (χ1v) is 9.82. The smallest absolute Gasteiger partial charge is 0.321 e. The molecule has 0 aliphatic rings. The van der Waals surface area contributed by atoms with Gasteiger partial charge in [0.05, 0.1) is 4.90 Å². The Morgan fingerprint density at radius 3 is 2.19 bits per heavy atom. The van der Waals surface area contributed by atoms with Crippen LogP contribution in [0, 0.1) is 5.92 Å². The summed E-state index contributed by atoms with van der Waals surface area (Å²) >= 11 is 0. The van der Waals surface area contributed by atoms with E-state index in [2.05, 4.69) is 15.4 Å². The van der Waals surface area contributed by atoms with Crippen molar-refractivity contribution >= 4 is 33.5 Å². The Bertz CT molecular complexity index is 774. The monoisotopic (exact) mass is 399 g/mol. The molecule has 1 aromatic carbocycles. The Balaban J connectivity index is 2.50. The molecule has 0 radical (unpaired) electrons. The van der Waals surface area contributed by atoms with Gasteiger partial charge >= 0.3 is 5.97 Å². The van der Waals surface area contributed by atoms with Crippen molar-refractivity contribution in [1.29, 1.82) is 0 Å². The molecular formula is C17H25N3O6S. The number of amides is 2. The van der Waals surface area contributed by atoms with Crippen molar-refractivity contribution < 1.29 is 27.5 Å². The number of rotatable bonds is 9. The quantitative estimate of drug-likeness (QED) is 0.522. The maximum atomic E-state index is 12.1. The largest absolute Gasteiger partial charge is 0.455 e. The predicted octanol–water partition coefficient (Wildman–Crippen LogP) is 0.627. The fourth-order valence-corrected chi connectivity index (χ4v) is 2.79. The molecule has 1 rings (SSSR count). The molecule has 2 amide bonds. The third-order valence-electron chi connectivity index (χ3n) is 3.64. The zero-order chi connectivity index (χ0) is 20.6. The first-order chi connectivity index (χ1) is 12.5. The molecule has 0 fully saturated rings. The van der Waals surface area contributed by atoms with Crippen molar-refractivity contribution in [1.82, 2.24) is 10.0 Å². The average molecular weight is 399 g/mol. The van der Waals surface area contributed by atoms with Crippen LogP contribution in [-0.4, -0.2) is 45.4 Å². The normalized spacial score (nSPS) is 12.3. The summed E-state index contributed by atoms with van der Waals surface area (Å²) in [5.74, 6) is -1.38. The number of benzene rings is 1. The first-order valence-electron chi connectivity index (χ1n) is 8.33. The minimum absolute atomic E-state index is 0.0739. The lowest BCUT2D eigenvalue weighted by Gasteiger charge is -2.17. The summed E-state index contributed by atoms with van der Waals surface area (Å²) in [7, 11) is -3.93. The van der Waals surface area contributed by atoms with E-state index in [9.17, 15) is 22.8 Å². The maximum Gasteiger partial charge on any atom is 0.321 e.